The highest BCUT2D eigenvalue weighted by Crippen LogP contribution is 2.31. The summed E-state index contributed by atoms with van der Waals surface area (Å²) in [6.45, 7) is 3.35. The van der Waals surface area contributed by atoms with Crippen LogP contribution >= 0.6 is 0 Å². The summed E-state index contributed by atoms with van der Waals surface area (Å²) in [6, 6.07) is 0. The lowest BCUT2D eigenvalue weighted by Crippen LogP contribution is -2.23. The molecule has 2 aliphatic carbocycles. The quantitative estimate of drug-likeness (QED) is 0.562. The van der Waals surface area contributed by atoms with Crippen LogP contribution in [0.15, 0.2) is 4.99 Å². The first kappa shape index (κ1) is 11.0. The van der Waals surface area contributed by atoms with Gasteiger partial charge < -0.3 is 5.73 Å². The summed E-state index contributed by atoms with van der Waals surface area (Å²) in [7, 11) is 0. The van der Waals surface area contributed by atoms with Gasteiger partial charge in [0.2, 0.25) is 0 Å². The zero-order valence-electron chi connectivity index (χ0n) is 9.91. The second-order valence-corrected chi connectivity index (χ2v) is 5.42. The second kappa shape index (κ2) is 5.00. The highest BCUT2D eigenvalue weighted by atomic mass is 14.9. The van der Waals surface area contributed by atoms with Gasteiger partial charge >= 0.3 is 0 Å². The van der Waals surface area contributed by atoms with Crippen LogP contribution in [-0.4, -0.2) is 12.4 Å². The van der Waals surface area contributed by atoms with Crippen LogP contribution in [0.3, 0.4) is 0 Å². The molecule has 2 N–H and O–H groups in total. The van der Waals surface area contributed by atoms with E-state index in [1.807, 2.05) is 0 Å². The molecular weight excluding hydrogens is 184 g/mol. The minimum atomic E-state index is 0.613. The molecule has 0 spiro atoms. The molecule has 0 heterocycles. The van der Waals surface area contributed by atoms with Crippen LogP contribution in [-0.2, 0) is 0 Å². The van der Waals surface area contributed by atoms with Gasteiger partial charge in [-0.15, -0.1) is 0 Å². The summed E-state index contributed by atoms with van der Waals surface area (Å²) in [5.41, 5.74) is 6.05. The van der Waals surface area contributed by atoms with Crippen molar-refractivity contribution in [1.29, 1.82) is 0 Å². The lowest BCUT2D eigenvalue weighted by Gasteiger charge is -2.14. The molecule has 2 aliphatic rings. The summed E-state index contributed by atoms with van der Waals surface area (Å²) < 4.78 is 0. The minimum absolute atomic E-state index is 0.613. The first-order chi connectivity index (χ1) is 7.27. The van der Waals surface area contributed by atoms with E-state index in [0.29, 0.717) is 5.92 Å². The van der Waals surface area contributed by atoms with Gasteiger partial charge in [0.15, 0.2) is 0 Å². The molecule has 2 atom stereocenters. The fourth-order valence-electron chi connectivity index (χ4n) is 3.07. The molecule has 86 valence electrons. The molecule has 0 aliphatic heterocycles. The van der Waals surface area contributed by atoms with Crippen molar-refractivity contribution in [1.82, 2.24) is 0 Å². The number of amidine groups is 1. The van der Waals surface area contributed by atoms with Gasteiger partial charge in [-0.2, -0.15) is 0 Å². The van der Waals surface area contributed by atoms with Gasteiger partial charge in [-0.05, 0) is 31.1 Å². The van der Waals surface area contributed by atoms with Crippen molar-refractivity contribution in [3.63, 3.8) is 0 Å². The third-order valence-corrected chi connectivity index (χ3v) is 4.32. The molecule has 2 fully saturated rings. The molecule has 2 nitrogen and oxygen atoms in total. The maximum absolute atomic E-state index is 6.05. The molecule has 0 bridgehead atoms. The predicted molar refractivity (Wildman–Crippen MR) is 65.0 cm³/mol. The van der Waals surface area contributed by atoms with Crippen LogP contribution in [0.4, 0.5) is 0 Å². The molecule has 0 amide bonds. The molecule has 2 saturated carbocycles. The van der Waals surface area contributed by atoms with Gasteiger partial charge in [0, 0.05) is 12.5 Å². The van der Waals surface area contributed by atoms with Crippen molar-refractivity contribution in [3.8, 4) is 0 Å². The Labute approximate surface area is 93.3 Å². The monoisotopic (exact) mass is 208 g/mol. The molecule has 2 heteroatoms. The fourth-order valence-corrected chi connectivity index (χ4v) is 3.07. The van der Waals surface area contributed by atoms with E-state index < -0.39 is 0 Å². The highest BCUT2D eigenvalue weighted by molar-refractivity contribution is 5.83. The van der Waals surface area contributed by atoms with Gasteiger partial charge in [0.25, 0.3) is 0 Å². The largest absolute Gasteiger partial charge is 0.387 e. The lowest BCUT2D eigenvalue weighted by molar-refractivity contribution is 0.429. The van der Waals surface area contributed by atoms with Gasteiger partial charge in [-0.25, -0.2) is 0 Å². The molecule has 0 radical (unpaired) electrons. The summed E-state index contributed by atoms with van der Waals surface area (Å²) in [5, 5.41) is 0. The van der Waals surface area contributed by atoms with Crippen molar-refractivity contribution >= 4 is 5.84 Å². The predicted octanol–water partition coefficient (Wildman–Crippen LogP) is 2.97. The van der Waals surface area contributed by atoms with Crippen molar-refractivity contribution in [2.24, 2.45) is 28.5 Å². The summed E-state index contributed by atoms with van der Waals surface area (Å²) >= 11 is 0. The number of aliphatic imine (C=N–C) groups is 1. The number of nitrogens with two attached hydrogens (primary N) is 1. The first-order valence-corrected chi connectivity index (χ1v) is 6.57. The summed E-state index contributed by atoms with van der Waals surface area (Å²) in [4.78, 5) is 4.63. The van der Waals surface area contributed by atoms with Crippen LogP contribution in [0.2, 0.25) is 0 Å². The zero-order valence-corrected chi connectivity index (χ0v) is 9.91. The molecule has 2 unspecified atom stereocenters. The number of hydrogen-bond acceptors (Lipinski definition) is 1. The molecule has 0 aromatic heterocycles. The standard InChI is InChI=1S/C13H24N2/c1-10-5-4-8-12(10)9-15-13(14)11-6-2-3-7-11/h10-12H,2-9H2,1H3,(H2,14,15). The van der Waals surface area contributed by atoms with E-state index in [2.05, 4.69) is 11.9 Å². The first-order valence-electron chi connectivity index (χ1n) is 6.57. The van der Waals surface area contributed by atoms with Crippen molar-refractivity contribution in [3.05, 3.63) is 0 Å². The van der Waals surface area contributed by atoms with Crippen molar-refractivity contribution in [2.45, 2.75) is 51.9 Å². The Kier molecular flexibility index (Phi) is 3.66. The topological polar surface area (TPSA) is 38.4 Å². The Balaban J connectivity index is 1.81. The SMILES string of the molecule is CC1CCCC1CN=C(N)C1CCCC1. The zero-order chi connectivity index (χ0) is 10.7. The Morgan fingerprint density at radius 3 is 2.47 bits per heavy atom. The molecule has 0 aromatic carbocycles. The second-order valence-electron chi connectivity index (χ2n) is 5.42. The van der Waals surface area contributed by atoms with E-state index >= 15 is 0 Å². The average Bonchev–Trinajstić information content (AvgIpc) is 2.85. The van der Waals surface area contributed by atoms with Crippen LogP contribution in [0, 0.1) is 17.8 Å². The van der Waals surface area contributed by atoms with E-state index in [1.165, 1.54) is 44.9 Å². The molecule has 0 saturated heterocycles. The minimum Gasteiger partial charge on any atom is -0.387 e. The Hall–Kier alpha value is -0.530. The summed E-state index contributed by atoms with van der Waals surface area (Å²) in [5.74, 6) is 3.24. The lowest BCUT2D eigenvalue weighted by atomic mass is 9.98. The van der Waals surface area contributed by atoms with E-state index in [4.69, 9.17) is 5.73 Å². The third kappa shape index (κ3) is 2.73. The van der Waals surface area contributed by atoms with Crippen LogP contribution < -0.4 is 5.73 Å². The van der Waals surface area contributed by atoms with E-state index in [0.717, 1.165) is 24.2 Å². The van der Waals surface area contributed by atoms with Gasteiger partial charge in [0.1, 0.15) is 0 Å². The Morgan fingerprint density at radius 2 is 1.87 bits per heavy atom. The number of hydrogen-bond donors (Lipinski definition) is 1. The van der Waals surface area contributed by atoms with Crippen LogP contribution in [0.25, 0.3) is 0 Å². The van der Waals surface area contributed by atoms with Gasteiger partial charge in [-0.1, -0.05) is 32.6 Å². The average molecular weight is 208 g/mol. The summed E-state index contributed by atoms with van der Waals surface area (Å²) in [6.07, 6.45) is 9.39. The van der Waals surface area contributed by atoms with E-state index in [1.54, 1.807) is 0 Å². The fraction of sp³-hybridized carbons (Fsp3) is 0.923. The molecule has 0 aromatic rings. The Bertz CT molecular complexity index is 229. The number of rotatable bonds is 3. The van der Waals surface area contributed by atoms with E-state index in [9.17, 15) is 0 Å². The normalized spacial score (nSPS) is 33.8. The van der Waals surface area contributed by atoms with Gasteiger partial charge in [0.05, 0.1) is 5.84 Å². The van der Waals surface area contributed by atoms with Crippen LogP contribution in [0.1, 0.15) is 51.9 Å². The third-order valence-electron chi connectivity index (χ3n) is 4.32. The molecule has 2 rings (SSSR count). The van der Waals surface area contributed by atoms with Gasteiger partial charge in [-0.3, -0.25) is 4.99 Å². The highest BCUT2D eigenvalue weighted by Gasteiger charge is 2.24. The van der Waals surface area contributed by atoms with Crippen LogP contribution in [0.5, 0.6) is 0 Å². The van der Waals surface area contributed by atoms with E-state index in [-0.39, 0.29) is 0 Å². The van der Waals surface area contributed by atoms with Crippen molar-refractivity contribution in [2.75, 3.05) is 6.54 Å². The maximum Gasteiger partial charge on any atom is 0.0968 e. The Morgan fingerprint density at radius 1 is 1.13 bits per heavy atom. The smallest absolute Gasteiger partial charge is 0.0968 e. The van der Waals surface area contributed by atoms with Crippen molar-refractivity contribution < 1.29 is 0 Å². The molecule has 15 heavy (non-hydrogen) atoms. The number of nitrogens with zero attached hydrogens (tertiary/aromatic N) is 1. The molecular formula is C13H24N2. The maximum atomic E-state index is 6.05.